The lowest BCUT2D eigenvalue weighted by Gasteiger charge is -2.32. The van der Waals surface area contributed by atoms with Crippen LogP contribution >= 0.6 is 0 Å². The normalized spacial score (nSPS) is 15.5. The van der Waals surface area contributed by atoms with E-state index >= 15 is 0 Å². The quantitative estimate of drug-likeness (QED) is 0.273. The predicted octanol–water partition coefficient (Wildman–Crippen LogP) is 7.62. The Morgan fingerprint density at radius 1 is 0.652 bits per heavy atom. The van der Waals surface area contributed by atoms with E-state index in [4.69, 9.17) is 5.73 Å². The van der Waals surface area contributed by atoms with Crippen LogP contribution in [-0.4, -0.2) is 5.54 Å². The maximum atomic E-state index is 6.58. The minimum Gasteiger partial charge on any atom is -0.325 e. The van der Waals surface area contributed by atoms with Gasteiger partial charge in [-0.2, -0.15) is 0 Å². The lowest BCUT2D eigenvalue weighted by Crippen LogP contribution is -2.42. The van der Waals surface area contributed by atoms with E-state index in [2.05, 4.69) is 27.7 Å². The summed E-state index contributed by atoms with van der Waals surface area (Å²) in [7, 11) is 0. The van der Waals surface area contributed by atoms with Crippen molar-refractivity contribution in [1.29, 1.82) is 0 Å². The topological polar surface area (TPSA) is 26.0 Å². The molecule has 0 spiro atoms. The van der Waals surface area contributed by atoms with Crippen LogP contribution in [0.1, 0.15) is 130 Å². The van der Waals surface area contributed by atoms with E-state index in [9.17, 15) is 0 Å². The van der Waals surface area contributed by atoms with Crippen LogP contribution in [0.5, 0.6) is 0 Å². The van der Waals surface area contributed by atoms with Gasteiger partial charge in [0.15, 0.2) is 0 Å². The van der Waals surface area contributed by atoms with Crippen molar-refractivity contribution in [1.82, 2.24) is 0 Å². The summed E-state index contributed by atoms with van der Waals surface area (Å²) in [5.41, 5.74) is 6.63. The van der Waals surface area contributed by atoms with E-state index in [1.54, 1.807) is 0 Å². The van der Waals surface area contributed by atoms with Crippen molar-refractivity contribution in [3.63, 3.8) is 0 Å². The van der Waals surface area contributed by atoms with Crippen LogP contribution in [0, 0.1) is 5.92 Å². The Morgan fingerprint density at radius 2 is 1.04 bits per heavy atom. The molecule has 2 unspecified atom stereocenters. The molecule has 140 valence electrons. The van der Waals surface area contributed by atoms with Gasteiger partial charge in [-0.15, -0.1) is 0 Å². The van der Waals surface area contributed by atoms with Gasteiger partial charge in [-0.25, -0.2) is 0 Å². The molecule has 0 rings (SSSR count). The van der Waals surface area contributed by atoms with E-state index < -0.39 is 0 Å². The summed E-state index contributed by atoms with van der Waals surface area (Å²) in [6, 6.07) is 0. The molecule has 0 heterocycles. The number of hydrogen-bond acceptors (Lipinski definition) is 1. The molecule has 0 saturated heterocycles. The van der Waals surface area contributed by atoms with Crippen molar-refractivity contribution < 1.29 is 0 Å². The first-order valence-corrected chi connectivity index (χ1v) is 10.8. The van der Waals surface area contributed by atoms with E-state index in [-0.39, 0.29) is 5.54 Å². The fourth-order valence-electron chi connectivity index (χ4n) is 3.45. The van der Waals surface area contributed by atoms with Gasteiger partial charge < -0.3 is 5.73 Å². The van der Waals surface area contributed by atoms with Crippen LogP contribution in [0.2, 0.25) is 0 Å². The Morgan fingerprint density at radius 3 is 1.52 bits per heavy atom. The molecule has 0 amide bonds. The fourth-order valence-corrected chi connectivity index (χ4v) is 3.45. The van der Waals surface area contributed by atoms with Gasteiger partial charge in [-0.1, -0.05) is 111 Å². The standard InChI is InChI=1S/C22H47N/c1-5-7-9-11-12-13-14-15-16-18-20-22(4,23)21(3)19-17-10-8-6-2/h21H,5-20,23H2,1-4H3. The van der Waals surface area contributed by atoms with Crippen molar-refractivity contribution in [3.05, 3.63) is 0 Å². The minimum atomic E-state index is 0.0480. The minimum absolute atomic E-state index is 0.0480. The average molecular weight is 326 g/mol. The molecule has 0 saturated carbocycles. The summed E-state index contributed by atoms with van der Waals surface area (Å²) < 4.78 is 0. The van der Waals surface area contributed by atoms with Gasteiger partial charge >= 0.3 is 0 Å². The largest absolute Gasteiger partial charge is 0.325 e. The molecule has 1 nitrogen and oxygen atoms in total. The summed E-state index contributed by atoms with van der Waals surface area (Å²) in [5.74, 6) is 0.665. The summed E-state index contributed by atoms with van der Waals surface area (Å²) in [6.45, 7) is 9.21. The molecule has 0 aromatic rings. The smallest absolute Gasteiger partial charge is 0.0151 e. The molecule has 0 bridgehead atoms. The van der Waals surface area contributed by atoms with Crippen LogP contribution in [0.15, 0.2) is 0 Å². The SMILES string of the molecule is CCCCCCCCCCCCC(C)(N)C(C)CCCCCC. The maximum Gasteiger partial charge on any atom is 0.0151 e. The zero-order valence-corrected chi connectivity index (χ0v) is 17.0. The molecular weight excluding hydrogens is 278 g/mol. The summed E-state index contributed by atoms with van der Waals surface area (Å²) in [4.78, 5) is 0. The fraction of sp³-hybridized carbons (Fsp3) is 1.00. The van der Waals surface area contributed by atoms with Gasteiger partial charge in [0.25, 0.3) is 0 Å². The molecular formula is C22H47N. The average Bonchev–Trinajstić information content (AvgIpc) is 2.53. The lowest BCUT2D eigenvalue weighted by atomic mass is 9.80. The van der Waals surface area contributed by atoms with E-state index in [0.29, 0.717) is 5.92 Å². The van der Waals surface area contributed by atoms with E-state index in [0.717, 1.165) is 0 Å². The van der Waals surface area contributed by atoms with Gasteiger partial charge in [0.05, 0.1) is 0 Å². The first-order chi connectivity index (χ1) is 11.0. The summed E-state index contributed by atoms with van der Waals surface area (Å²) in [5, 5.41) is 0. The maximum absolute atomic E-state index is 6.58. The Bertz CT molecular complexity index is 234. The van der Waals surface area contributed by atoms with Crippen LogP contribution in [0.25, 0.3) is 0 Å². The number of rotatable bonds is 17. The zero-order valence-electron chi connectivity index (χ0n) is 17.0. The second-order valence-corrected chi connectivity index (χ2v) is 8.19. The number of unbranched alkanes of at least 4 members (excludes halogenated alkanes) is 12. The highest BCUT2D eigenvalue weighted by Gasteiger charge is 2.25. The van der Waals surface area contributed by atoms with E-state index in [1.807, 2.05) is 0 Å². The Balaban J connectivity index is 3.50. The highest BCUT2D eigenvalue weighted by atomic mass is 14.7. The lowest BCUT2D eigenvalue weighted by molar-refractivity contribution is 0.265. The van der Waals surface area contributed by atoms with E-state index in [1.165, 1.54) is 103 Å². The molecule has 0 aromatic heterocycles. The molecule has 0 fully saturated rings. The van der Waals surface area contributed by atoms with Crippen LogP contribution in [-0.2, 0) is 0 Å². The molecule has 2 N–H and O–H groups in total. The highest BCUT2D eigenvalue weighted by Crippen LogP contribution is 2.26. The predicted molar refractivity (Wildman–Crippen MR) is 107 cm³/mol. The Kier molecular flexibility index (Phi) is 15.5. The Labute approximate surface area is 148 Å². The molecule has 2 atom stereocenters. The second-order valence-electron chi connectivity index (χ2n) is 8.19. The van der Waals surface area contributed by atoms with Gasteiger partial charge in [-0.05, 0) is 25.7 Å². The van der Waals surface area contributed by atoms with Gasteiger partial charge in [-0.3, -0.25) is 0 Å². The molecule has 1 heteroatoms. The van der Waals surface area contributed by atoms with Gasteiger partial charge in [0.2, 0.25) is 0 Å². The van der Waals surface area contributed by atoms with Gasteiger partial charge in [0, 0.05) is 5.54 Å². The molecule has 0 aliphatic rings. The third-order valence-corrected chi connectivity index (χ3v) is 5.69. The van der Waals surface area contributed by atoms with Crippen LogP contribution < -0.4 is 5.73 Å². The third-order valence-electron chi connectivity index (χ3n) is 5.69. The first kappa shape index (κ1) is 23.0. The summed E-state index contributed by atoms with van der Waals surface area (Å²) in [6.07, 6.45) is 22.1. The van der Waals surface area contributed by atoms with Crippen molar-refractivity contribution >= 4 is 0 Å². The molecule has 0 radical (unpaired) electrons. The van der Waals surface area contributed by atoms with Crippen molar-refractivity contribution in [2.75, 3.05) is 0 Å². The highest BCUT2D eigenvalue weighted by molar-refractivity contribution is 4.84. The molecule has 23 heavy (non-hydrogen) atoms. The number of nitrogens with two attached hydrogens (primary N) is 1. The van der Waals surface area contributed by atoms with Crippen LogP contribution in [0.4, 0.5) is 0 Å². The molecule has 0 aromatic carbocycles. The zero-order chi connectivity index (χ0) is 17.4. The molecule has 0 aliphatic heterocycles. The van der Waals surface area contributed by atoms with Crippen molar-refractivity contribution in [2.24, 2.45) is 11.7 Å². The monoisotopic (exact) mass is 325 g/mol. The van der Waals surface area contributed by atoms with Crippen LogP contribution in [0.3, 0.4) is 0 Å². The third kappa shape index (κ3) is 14.0. The Hall–Kier alpha value is -0.0400. The van der Waals surface area contributed by atoms with Crippen molar-refractivity contribution in [2.45, 2.75) is 136 Å². The van der Waals surface area contributed by atoms with Crippen molar-refractivity contribution in [3.8, 4) is 0 Å². The molecule has 0 aliphatic carbocycles. The number of hydrogen-bond donors (Lipinski definition) is 1. The first-order valence-electron chi connectivity index (χ1n) is 10.8. The van der Waals surface area contributed by atoms with Gasteiger partial charge in [0.1, 0.15) is 0 Å². The second kappa shape index (κ2) is 15.5. The summed E-state index contributed by atoms with van der Waals surface area (Å²) >= 11 is 0.